The number of nitrogens with two attached hydrogens (primary N) is 1. The molecule has 0 aliphatic carbocycles. The molecule has 2 aromatic carbocycles. The van der Waals surface area contributed by atoms with Crippen LogP contribution in [0.2, 0.25) is 0 Å². The van der Waals surface area contributed by atoms with Gasteiger partial charge in [-0.2, -0.15) is 0 Å². The number of rotatable bonds is 5. The highest BCUT2D eigenvalue weighted by molar-refractivity contribution is 9.10. The lowest BCUT2D eigenvalue weighted by atomic mass is 10.0. The summed E-state index contributed by atoms with van der Waals surface area (Å²) >= 11 is 3.55. The molecule has 0 saturated carbocycles. The monoisotopic (exact) mass is 333 g/mol. The molecular formula is C17H20BrNO. The van der Waals surface area contributed by atoms with Gasteiger partial charge in [-0.1, -0.05) is 60.1 Å². The molecule has 0 fully saturated rings. The highest BCUT2D eigenvalue weighted by Gasteiger charge is 2.14. The van der Waals surface area contributed by atoms with E-state index in [9.17, 15) is 0 Å². The van der Waals surface area contributed by atoms with Crippen molar-refractivity contribution in [2.24, 2.45) is 5.73 Å². The third kappa shape index (κ3) is 3.62. The van der Waals surface area contributed by atoms with E-state index in [4.69, 9.17) is 10.5 Å². The van der Waals surface area contributed by atoms with E-state index in [0.717, 1.165) is 15.8 Å². The second-order valence-corrected chi connectivity index (χ2v) is 5.94. The van der Waals surface area contributed by atoms with Crippen LogP contribution in [-0.2, 0) is 0 Å². The second kappa shape index (κ2) is 6.91. The van der Waals surface area contributed by atoms with E-state index < -0.39 is 0 Å². The van der Waals surface area contributed by atoms with E-state index in [1.807, 2.05) is 36.4 Å². The van der Waals surface area contributed by atoms with Crippen molar-refractivity contribution in [3.8, 4) is 5.75 Å². The van der Waals surface area contributed by atoms with Crippen LogP contribution >= 0.6 is 15.9 Å². The van der Waals surface area contributed by atoms with Crippen molar-refractivity contribution >= 4 is 15.9 Å². The fourth-order valence-electron chi connectivity index (χ4n) is 2.07. The van der Waals surface area contributed by atoms with Gasteiger partial charge in [0.25, 0.3) is 0 Å². The molecule has 2 rings (SSSR count). The third-order valence-electron chi connectivity index (χ3n) is 3.29. The van der Waals surface area contributed by atoms with Gasteiger partial charge >= 0.3 is 0 Å². The Morgan fingerprint density at radius 3 is 2.25 bits per heavy atom. The molecule has 0 aromatic heterocycles. The van der Waals surface area contributed by atoms with Gasteiger partial charge in [-0.15, -0.1) is 0 Å². The Hall–Kier alpha value is -1.32. The summed E-state index contributed by atoms with van der Waals surface area (Å²) in [4.78, 5) is 0. The van der Waals surface area contributed by atoms with Crippen LogP contribution in [0.4, 0.5) is 0 Å². The Morgan fingerprint density at radius 1 is 1.05 bits per heavy atom. The topological polar surface area (TPSA) is 35.2 Å². The SMILES string of the molecule is CC(C)c1ccc(OC(CN)c2ccccc2Br)cc1. The third-order valence-corrected chi connectivity index (χ3v) is 4.01. The zero-order valence-electron chi connectivity index (χ0n) is 11.8. The molecule has 0 aliphatic rings. The van der Waals surface area contributed by atoms with Gasteiger partial charge in [0, 0.05) is 16.6 Å². The fraction of sp³-hybridized carbons (Fsp3) is 0.294. The molecule has 2 N–H and O–H groups in total. The zero-order chi connectivity index (χ0) is 14.5. The van der Waals surface area contributed by atoms with Gasteiger partial charge in [0.15, 0.2) is 0 Å². The molecule has 0 saturated heterocycles. The van der Waals surface area contributed by atoms with Gasteiger partial charge in [0.2, 0.25) is 0 Å². The zero-order valence-corrected chi connectivity index (χ0v) is 13.4. The number of benzene rings is 2. The van der Waals surface area contributed by atoms with Crippen LogP contribution in [-0.4, -0.2) is 6.54 Å². The van der Waals surface area contributed by atoms with Crippen molar-refractivity contribution in [1.29, 1.82) is 0 Å². The van der Waals surface area contributed by atoms with Crippen LogP contribution in [0, 0.1) is 0 Å². The number of ether oxygens (including phenoxy) is 1. The van der Waals surface area contributed by atoms with Gasteiger partial charge in [-0.25, -0.2) is 0 Å². The lowest BCUT2D eigenvalue weighted by Crippen LogP contribution is -2.18. The predicted octanol–water partition coefficient (Wildman–Crippen LogP) is 4.65. The Morgan fingerprint density at radius 2 is 1.70 bits per heavy atom. The first-order valence-corrected chi connectivity index (χ1v) is 7.62. The lowest BCUT2D eigenvalue weighted by Gasteiger charge is -2.19. The normalized spacial score (nSPS) is 12.4. The molecule has 1 unspecified atom stereocenters. The first-order valence-electron chi connectivity index (χ1n) is 6.83. The van der Waals surface area contributed by atoms with Crippen molar-refractivity contribution in [3.63, 3.8) is 0 Å². The Bertz CT molecular complexity index is 551. The van der Waals surface area contributed by atoms with Crippen LogP contribution < -0.4 is 10.5 Å². The molecule has 0 spiro atoms. The summed E-state index contributed by atoms with van der Waals surface area (Å²) in [7, 11) is 0. The number of hydrogen-bond donors (Lipinski definition) is 1. The maximum absolute atomic E-state index is 6.01. The number of halogens is 1. The van der Waals surface area contributed by atoms with Gasteiger partial charge in [0.1, 0.15) is 11.9 Å². The highest BCUT2D eigenvalue weighted by atomic mass is 79.9. The summed E-state index contributed by atoms with van der Waals surface area (Å²) in [5.41, 5.74) is 8.23. The maximum Gasteiger partial charge on any atom is 0.137 e. The van der Waals surface area contributed by atoms with Crippen molar-refractivity contribution in [2.45, 2.75) is 25.9 Å². The van der Waals surface area contributed by atoms with E-state index in [-0.39, 0.29) is 6.10 Å². The summed E-state index contributed by atoms with van der Waals surface area (Å²) in [6.45, 7) is 4.80. The molecule has 2 aromatic rings. The van der Waals surface area contributed by atoms with E-state index >= 15 is 0 Å². The molecule has 20 heavy (non-hydrogen) atoms. The van der Waals surface area contributed by atoms with Gasteiger partial charge < -0.3 is 10.5 Å². The molecule has 0 aliphatic heterocycles. The van der Waals surface area contributed by atoms with Crippen LogP contribution in [0.1, 0.15) is 37.0 Å². The molecule has 106 valence electrons. The molecule has 2 nitrogen and oxygen atoms in total. The average Bonchev–Trinajstić information content (AvgIpc) is 2.46. The lowest BCUT2D eigenvalue weighted by molar-refractivity contribution is 0.213. The van der Waals surface area contributed by atoms with Gasteiger partial charge in [0.05, 0.1) is 0 Å². The van der Waals surface area contributed by atoms with Gasteiger partial charge in [-0.05, 0) is 29.7 Å². The van der Waals surface area contributed by atoms with Crippen LogP contribution in [0.5, 0.6) is 5.75 Å². The van der Waals surface area contributed by atoms with Crippen LogP contribution in [0.3, 0.4) is 0 Å². The minimum Gasteiger partial charge on any atom is -0.484 e. The standard InChI is InChI=1S/C17H20BrNO/c1-12(2)13-7-9-14(10-8-13)20-17(11-19)15-5-3-4-6-16(15)18/h3-10,12,17H,11,19H2,1-2H3. The molecule has 3 heteroatoms. The fourth-order valence-corrected chi connectivity index (χ4v) is 2.61. The first-order chi connectivity index (χ1) is 9.61. The van der Waals surface area contributed by atoms with Crippen molar-refractivity contribution in [1.82, 2.24) is 0 Å². The molecule has 1 atom stereocenters. The van der Waals surface area contributed by atoms with E-state index in [2.05, 4.69) is 41.9 Å². The van der Waals surface area contributed by atoms with E-state index in [0.29, 0.717) is 12.5 Å². The summed E-state index contributed by atoms with van der Waals surface area (Å²) in [6.07, 6.45) is -0.143. The highest BCUT2D eigenvalue weighted by Crippen LogP contribution is 2.28. The summed E-state index contributed by atoms with van der Waals surface area (Å²) in [5.74, 6) is 1.37. The molecule has 0 heterocycles. The first kappa shape index (κ1) is 15.1. The van der Waals surface area contributed by atoms with E-state index in [1.165, 1.54) is 5.56 Å². The summed E-state index contributed by atoms with van der Waals surface area (Å²) in [6, 6.07) is 16.2. The maximum atomic E-state index is 6.01. The minimum atomic E-state index is -0.143. The van der Waals surface area contributed by atoms with Crippen molar-refractivity contribution < 1.29 is 4.74 Å². The summed E-state index contributed by atoms with van der Waals surface area (Å²) < 4.78 is 7.03. The quantitative estimate of drug-likeness (QED) is 0.864. The van der Waals surface area contributed by atoms with E-state index in [1.54, 1.807) is 0 Å². The Balaban J connectivity index is 2.16. The smallest absolute Gasteiger partial charge is 0.137 e. The second-order valence-electron chi connectivity index (χ2n) is 5.09. The molecule has 0 bridgehead atoms. The van der Waals surface area contributed by atoms with Gasteiger partial charge in [-0.3, -0.25) is 0 Å². The van der Waals surface area contributed by atoms with Crippen molar-refractivity contribution in [3.05, 3.63) is 64.1 Å². The average molecular weight is 334 g/mol. The minimum absolute atomic E-state index is 0.143. The summed E-state index contributed by atoms with van der Waals surface area (Å²) in [5, 5.41) is 0. The Labute approximate surface area is 129 Å². The van der Waals surface area contributed by atoms with Crippen molar-refractivity contribution in [2.75, 3.05) is 6.54 Å². The molecule has 0 amide bonds. The van der Waals surface area contributed by atoms with Crippen LogP contribution in [0.25, 0.3) is 0 Å². The largest absolute Gasteiger partial charge is 0.484 e. The van der Waals surface area contributed by atoms with Crippen LogP contribution in [0.15, 0.2) is 53.0 Å². The Kier molecular flexibility index (Phi) is 5.21. The number of hydrogen-bond acceptors (Lipinski definition) is 2. The predicted molar refractivity (Wildman–Crippen MR) is 87.1 cm³/mol. The molecule has 0 radical (unpaired) electrons. The molecular weight excluding hydrogens is 314 g/mol.